The number of nitrogens with two attached hydrogens (primary N) is 1. The van der Waals surface area contributed by atoms with Gasteiger partial charge in [0.05, 0.1) is 0 Å². The lowest BCUT2D eigenvalue weighted by Crippen LogP contribution is -1.91. The second kappa shape index (κ2) is 5.76. The van der Waals surface area contributed by atoms with Crippen molar-refractivity contribution in [2.75, 3.05) is 5.73 Å². The van der Waals surface area contributed by atoms with Gasteiger partial charge in [0.2, 0.25) is 0 Å². The van der Waals surface area contributed by atoms with E-state index in [-0.39, 0.29) is 0 Å². The van der Waals surface area contributed by atoms with E-state index in [0.717, 1.165) is 27.0 Å². The van der Waals surface area contributed by atoms with Crippen LogP contribution < -0.4 is 5.73 Å². The molecule has 0 aliphatic heterocycles. The van der Waals surface area contributed by atoms with Crippen molar-refractivity contribution in [2.24, 2.45) is 0 Å². The summed E-state index contributed by atoms with van der Waals surface area (Å²) in [5.74, 6) is 0. The van der Waals surface area contributed by atoms with Crippen LogP contribution in [0, 0.1) is 6.92 Å². The van der Waals surface area contributed by atoms with E-state index in [2.05, 4.69) is 44.0 Å². The summed E-state index contributed by atoms with van der Waals surface area (Å²) in [7, 11) is 0. The molecule has 2 N–H and O–H groups in total. The smallest absolute Gasteiger partial charge is 0.152 e. The second-order valence-electron chi connectivity index (χ2n) is 4.40. The predicted octanol–water partition coefficient (Wildman–Crippen LogP) is 4.59. The minimum absolute atomic E-state index is 0.584. The maximum atomic E-state index is 6.08. The van der Waals surface area contributed by atoms with Gasteiger partial charge in [0.15, 0.2) is 4.34 Å². The zero-order valence-corrected chi connectivity index (χ0v) is 12.6. The fourth-order valence-electron chi connectivity index (χ4n) is 1.62. The van der Waals surface area contributed by atoms with Gasteiger partial charge in [0.25, 0.3) is 0 Å². The fraction of sp³-hybridized carbons (Fsp3) is 0.357. The van der Waals surface area contributed by atoms with Crippen LogP contribution in [0.15, 0.2) is 28.6 Å². The molecule has 0 bridgehead atoms. The van der Waals surface area contributed by atoms with Gasteiger partial charge in [0, 0.05) is 10.8 Å². The molecule has 2 rings (SSSR count). The van der Waals surface area contributed by atoms with E-state index in [1.165, 1.54) is 5.56 Å². The number of aromatic nitrogens is 1. The number of hydrogen-bond donors (Lipinski definition) is 1. The molecule has 0 aliphatic rings. The molecule has 2 aromatic rings. The first-order valence-corrected chi connectivity index (χ1v) is 7.79. The summed E-state index contributed by atoms with van der Waals surface area (Å²) in [6, 6.07) is 8.32. The average molecular weight is 278 g/mol. The second-order valence-corrected chi connectivity index (χ2v) is 7.12. The van der Waals surface area contributed by atoms with Crippen molar-refractivity contribution in [1.82, 2.24) is 4.98 Å². The van der Waals surface area contributed by atoms with Gasteiger partial charge in [-0.15, -0.1) is 0 Å². The maximum absolute atomic E-state index is 6.08. The van der Waals surface area contributed by atoms with Crippen LogP contribution in [0.3, 0.4) is 0 Å². The molecule has 1 unspecified atom stereocenters. The van der Waals surface area contributed by atoms with Crippen molar-refractivity contribution in [1.29, 1.82) is 0 Å². The molecule has 0 saturated heterocycles. The van der Waals surface area contributed by atoms with Crippen molar-refractivity contribution in [3.63, 3.8) is 0 Å². The molecule has 18 heavy (non-hydrogen) atoms. The molecule has 0 radical (unpaired) electrons. The van der Waals surface area contributed by atoms with Gasteiger partial charge < -0.3 is 5.73 Å². The van der Waals surface area contributed by atoms with Gasteiger partial charge in [-0.25, -0.2) is 4.98 Å². The van der Waals surface area contributed by atoms with Crippen molar-refractivity contribution in [2.45, 2.75) is 36.8 Å². The highest BCUT2D eigenvalue weighted by atomic mass is 32.2. The average Bonchev–Trinajstić information content (AvgIpc) is 2.70. The number of benzene rings is 1. The Labute approximate surface area is 117 Å². The van der Waals surface area contributed by atoms with Crippen LogP contribution in [-0.4, -0.2) is 10.2 Å². The molecule has 0 aliphatic carbocycles. The molecule has 1 heterocycles. The monoisotopic (exact) mass is 278 g/mol. The lowest BCUT2D eigenvalue weighted by atomic mass is 10.1. The van der Waals surface area contributed by atoms with E-state index >= 15 is 0 Å². The van der Waals surface area contributed by atoms with Crippen LogP contribution in [0.2, 0.25) is 0 Å². The molecule has 0 spiro atoms. The molecule has 1 atom stereocenters. The molecule has 0 fully saturated rings. The van der Waals surface area contributed by atoms with Crippen LogP contribution in [0.4, 0.5) is 5.00 Å². The molecule has 0 amide bonds. The third kappa shape index (κ3) is 3.06. The van der Waals surface area contributed by atoms with Crippen LogP contribution in [-0.2, 0) is 0 Å². The number of aryl methyl sites for hydroxylation is 1. The van der Waals surface area contributed by atoms with Crippen molar-refractivity contribution in [3.8, 4) is 11.3 Å². The fourth-order valence-corrected chi connectivity index (χ4v) is 3.81. The van der Waals surface area contributed by atoms with Gasteiger partial charge in [-0.05, 0) is 19.4 Å². The number of anilines is 1. The van der Waals surface area contributed by atoms with E-state index in [1.807, 2.05) is 6.07 Å². The molecule has 1 aromatic heterocycles. The molecular formula is C14H18N2S2. The van der Waals surface area contributed by atoms with Gasteiger partial charge in [0.1, 0.15) is 10.7 Å². The number of thiazole rings is 1. The first-order valence-electron chi connectivity index (χ1n) is 6.10. The lowest BCUT2D eigenvalue weighted by molar-refractivity contribution is 0.904. The highest BCUT2D eigenvalue weighted by Crippen LogP contribution is 2.37. The Kier molecular flexibility index (Phi) is 4.30. The van der Waals surface area contributed by atoms with Gasteiger partial charge in [-0.3, -0.25) is 0 Å². The number of nitrogen functional groups attached to an aromatic ring is 1. The summed E-state index contributed by atoms with van der Waals surface area (Å²) in [5, 5.41) is 1.40. The highest BCUT2D eigenvalue weighted by molar-refractivity contribution is 8.01. The van der Waals surface area contributed by atoms with Gasteiger partial charge >= 0.3 is 0 Å². The molecule has 4 heteroatoms. The number of thioether (sulfide) groups is 1. The first kappa shape index (κ1) is 13.4. The topological polar surface area (TPSA) is 38.9 Å². The Hall–Kier alpha value is -1.00. The summed E-state index contributed by atoms with van der Waals surface area (Å²) < 4.78 is 1.07. The first-order chi connectivity index (χ1) is 8.60. The van der Waals surface area contributed by atoms with E-state index in [1.54, 1.807) is 23.1 Å². The van der Waals surface area contributed by atoms with Crippen LogP contribution >= 0.6 is 23.1 Å². The lowest BCUT2D eigenvalue weighted by Gasteiger charge is -2.03. The van der Waals surface area contributed by atoms with Crippen molar-refractivity contribution >= 4 is 28.1 Å². The summed E-state index contributed by atoms with van der Waals surface area (Å²) in [6.45, 7) is 6.49. The summed E-state index contributed by atoms with van der Waals surface area (Å²) in [6.07, 6.45) is 1.14. The highest BCUT2D eigenvalue weighted by Gasteiger charge is 2.13. The van der Waals surface area contributed by atoms with E-state index < -0.39 is 0 Å². The Bertz CT molecular complexity index is 534. The SMILES string of the molecule is CCC(C)Sc1nc(-c2cccc(C)c2)c(N)s1. The maximum Gasteiger partial charge on any atom is 0.152 e. The number of nitrogens with zero attached hydrogens (tertiary/aromatic N) is 1. The van der Waals surface area contributed by atoms with Gasteiger partial charge in [-0.2, -0.15) is 0 Å². The largest absolute Gasteiger partial charge is 0.389 e. The number of rotatable bonds is 4. The van der Waals surface area contributed by atoms with Gasteiger partial charge in [-0.1, -0.05) is 60.7 Å². The summed E-state index contributed by atoms with van der Waals surface area (Å²) in [4.78, 5) is 4.67. The van der Waals surface area contributed by atoms with Crippen molar-refractivity contribution < 1.29 is 0 Å². The molecule has 96 valence electrons. The molecule has 2 nitrogen and oxygen atoms in total. The third-order valence-electron chi connectivity index (χ3n) is 2.80. The Morgan fingerprint density at radius 3 is 2.89 bits per heavy atom. The minimum Gasteiger partial charge on any atom is -0.389 e. The standard InChI is InChI=1S/C14H18N2S2/c1-4-10(3)17-14-16-12(13(15)18-14)11-7-5-6-9(2)8-11/h5-8,10H,4,15H2,1-3H3. The van der Waals surface area contributed by atoms with Crippen molar-refractivity contribution in [3.05, 3.63) is 29.8 Å². The predicted molar refractivity (Wildman–Crippen MR) is 82.3 cm³/mol. The Balaban J connectivity index is 2.29. The Morgan fingerprint density at radius 1 is 1.44 bits per heavy atom. The zero-order chi connectivity index (χ0) is 13.1. The summed E-state index contributed by atoms with van der Waals surface area (Å²) >= 11 is 3.39. The molecule has 1 aromatic carbocycles. The Morgan fingerprint density at radius 2 is 2.22 bits per heavy atom. The van der Waals surface area contributed by atoms with Crippen LogP contribution in [0.25, 0.3) is 11.3 Å². The van der Waals surface area contributed by atoms with E-state index in [9.17, 15) is 0 Å². The number of hydrogen-bond acceptors (Lipinski definition) is 4. The quantitative estimate of drug-likeness (QED) is 0.831. The summed E-state index contributed by atoms with van der Waals surface area (Å²) in [5.41, 5.74) is 9.35. The molecular weight excluding hydrogens is 260 g/mol. The minimum atomic E-state index is 0.584. The van der Waals surface area contributed by atoms with Crippen LogP contribution in [0.5, 0.6) is 0 Å². The van der Waals surface area contributed by atoms with Crippen LogP contribution in [0.1, 0.15) is 25.8 Å². The zero-order valence-electron chi connectivity index (χ0n) is 10.9. The van der Waals surface area contributed by atoms with E-state index in [0.29, 0.717) is 5.25 Å². The third-order valence-corrected chi connectivity index (χ3v) is 5.05. The molecule has 0 saturated carbocycles. The normalized spacial score (nSPS) is 12.6. The van der Waals surface area contributed by atoms with E-state index in [4.69, 9.17) is 5.73 Å².